The topological polar surface area (TPSA) is 200 Å². The smallest absolute Gasteiger partial charge is 0.407 e. The van der Waals surface area contributed by atoms with Crippen LogP contribution in [0.1, 0.15) is 96.6 Å². The average molecular weight is 790 g/mol. The highest BCUT2D eigenvalue weighted by molar-refractivity contribution is 8.18. The number of ketones is 1. The van der Waals surface area contributed by atoms with E-state index in [0.717, 1.165) is 50.0 Å². The van der Waals surface area contributed by atoms with Crippen molar-refractivity contribution >= 4 is 65.0 Å². The summed E-state index contributed by atoms with van der Waals surface area (Å²) in [4.78, 5) is 94.4. The highest BCUT2D eigenvalue weighted by Crippen LogP contribution is 2.50. The Morgan fingerprint density at radius 2 is 1.63 bits per heavy atom. The monoisotopic (exact) mass is 789 g/mol. The summed E-state index contributed by atoms with van der Waals surface area (Å²) in [6.45, 7) is 5.58. The van der Waals surface area contributed by atoms with E-state index in [1.165, 1.54) is 0 Å². The van der Waals surface area contributed by atoms with Gasteiger partial charge in [0.25, 0.3) is 5.91 Å². The number of Topliss-reactive ketones (excluding diaryl/α,β-unsaturated/α-hetero) is 1. The van der Waals surface area contributed by atoms with Gasteiger partial charge in [-0.3, -0.25) is 24.0 Å². The standard InChI is InChI=1S/C38H55N5O9S2/c1-4-5-17-27(32(45)34(47)39-21-29(44)41-31(36(49)50)26-15-10-7-11-16-26)40-33(46)28-20-38(53-18-12-19-54-38)23-43(28)35(48)30(25-13-8-6-9-14-25)42-37(51)52-22-24(2)3/h7,10-11,15-16,24-25,27-28,30-31H,4-6,8-9,12-14,17-23H2,1-3H3,(H,39,47)(H,40,46)(H,41,44)(H,42,51)(H,49,50)/t27?,28-,30-,31?/m0/s1. The lowest BCUT2D eigenvalue weighted by atomic mass is 9.83. The molecule has 4 atom stereocenters. The number of benzene rings is 1. The van der Waals surface area contributed by atoms with Gasteiger partial charge in [0.15, 0.2) is 6.04 Å². The van der Waals surface area contributed by atoms with Crippen molar-refractivity contribution in [2.45, 2.75) is 113 Å². The highest BCUT2D eigenvalue weighted by Gasteiger charge is 2.52. The Bertz CT molecular complexity index is 1480. The van der Waals surface area contributed by atoms with Gasteiger partial charge in [-0.25, -0.2) is 9.59 Å². The van der Waals surface area contributed by atoms with E-state index >= 15 is 0 Å². The normalized spacial score (nSPS) is 20.0. The van der Waals surface area contributed by atoms with Crippen molar-refractivity contribution in [3.8, 4) is 0 Å². The van der Waals surface area contributed by atoms with E-state index in [1.54, 1.807) is 58.8 Å². The second-order valence-electron chi connectivity index (χ2n) is 14.7. The van der Waals surface area contributed by atoms with E-state index < -0.39 is 70.4 Å². The van der Waals surface area contributed by atoms with Gasteiger partial charge in [-0.2, -0.15) is 0 Å². The number of carboxylic acids is 1. The maximum Gasteiger partial charge on any atom is 0.407 e. The predicted octanol–water partition coefficient (Wildman–Crippen LogP) is 3.79. The molecular weight excluding hydrogens is 735 g/mol. The van der Waals surface area contributed by atoms with Crippen LogP contribution in [0.15, 0.2) is 30.3 Å². The van der Waals surface area contributed by atoms with Crippen molar-refractivity contribution < 1.29 is 43.4 Å². The number of nitrogens with zero attached hydrogens (tertiary/aromatic N) is 1. The summed E-state index contributed by atoms with van der Waals surface area (Å²) in [5.41, 5.74) is 0.334. The van der Waals surface area contributed by atoms with Crippen molar-refractivity contribution in [2.24, 2.45) is 11.8 Å². The third-order valence-electron chi connectivity index (χ3n) is 9.90. The first-order chi connectivity index (χ1) is 25.8. The Kier molecular flexibility index (Phi) is 16.5. The minimum absolute atomic E-state index is 0.109. The lowest BCUT2D eigenvalue weighted by Crippen LogP contribution is -2.58. The van der Waals surface area contributed by atoms with Gasteiger partial charge in [-0.1, -0.05) is 83.2 Å². The van der Waals surface area contributed by atoms with Crippen molar-refractivity contribution in [1.29, 1.82) is 0 Å². The molecule has 5 amide bonds. The Morgan fingerprint density at radius 3 is 2.26 bits per heavy atom. The van der Waals surface area contributed by atoms with E-state index in [-0.39, 0.29) is 37.3 Å². The minimum atomic E-state index is -1.36. The number of rotatable bonds is 17. The van der Waals surface area contributed by atoms with Gasteiger partial charge in [-0.15, -0.1) is 23.5 Å². The maximum absolute atomic E-state index is 14.6. The summed E-state index contributed by atoms with van der Waals surface area (Å²) in [7, 11) is 0. The molecule has 1 spiro atoms. The van der Waals surface area contributed by atoms with Crippen LogP contribution in [0, 0.1) is 11.8 Å². The first kappa shape index (κ1) is 42.9. The molecule has 0 radical (unpaired) electrons. The minimum Gasteiger partial charge on any atom is -0.479 e. The lowest BCUT2D eigenvalue weighted by Gasteiger charge is -2.35. The Balaban J connectivity index is 1.49. The van der Waals surface area contributed by atoms with Gasteiger partial charge < -0.3 is 36.0 Å². The molecule has 2 heterocycles. The van der Waals surface area contributed by atoms with Crippen LogP contribution in [0.25, 0.3) is 0 Å². The number of unbranched alkanes of at least 4 members (excludes halogenated alkanes) is 1. The van der Waals surface area contributed by atoms with Crippen molar-refractivity contribution in [3.05, 3.63) is 35.9 Å². The van der Waals surface area contributed by atoms with Crippen LogP contribution in [0.5, 0.6) is 0 Å². The maximum atomic E-state index is 14.6. The molecule has 5 N–H and O–H groups in total. The zero-order valence-electron chi connectivity index (χ0n) is 31.4. The molecule has 3 fully saturated rings. The molecule has 3 aliphatic rings. The number of hydrogen-bond donors (Lipinski definition) is 5. The van der Waals surface area contributed by atoms with E-state index in [4.69, 9.17) is 4.74 Å². The van der Waals surface area contributed by atoms with E-state index in [0.29, 0.717) is 24.8 Å². The van der Waals surface area contributed by atoms with E-state index in [1.807, 2.05) is 20.8 Å². The summed E-state index contributed by atoms with van der Waals surface area (Å²) in [6, 6.07) is 3.64. The molecule has 2 saturated heterocycles. The molecule has 1 saturated carbocycles. The number of hydrogen-bond acceptors (Lipinski definition) is 10. The van der Waals surface area contributed by atoms with Gasteiger partial charge in [0.1, 0.15) is 12.1 Å². The van der Waals surface area contributed by atoms with Crippen LogP contribution in [-0.2, 0) is 33.5 Å². The number of ether oxygens (including phenoxy) is 1. The van der Waals surface area contributed by atoms with Crippen molar-refractivity contribution in [1.82, 2.24) is 26.2 Å². The van der Waals surface area contributed by atoms with Crippen LogP contribution < -0.4 is 21.3 Å². The number of carbonyl (C=O) groups excluding carboxylic acids is 6. The molecule has 1 aliphatic carbocycles. The first-order valence-corrected chi connectivity index (χ1v) is 21.0. The fourth-order valence-corrected chi connectivity index (χ4v) is 10.4. The molecule has 4 rings (SSSR count). The van der Waals surface area contributed by atoms with Crippen LogP contribution >= 0.6 is 23.5 Å². The molecule has 16 heteroatoms. The van der Waals surface area contributed by atoms with Crippen molar-refractivity contribution in [2.75, 3.05) is 31.2 Å². The molecule has 298 valence electrons. The second-order valence-corrected chi connectivity index (χ2v) is 17.9. The zero-order valence-corrected chi connectivity index (χ0v) is 33.1. The third-order valence-corrected chi connectivity index (χ3v) is 13.2. The van der Waals surface area contributed by atoms with Gasteiger partial charge in [-0.05, 0) is 54.6 Å². The second kappa shape index (κ2) is 20.8. The lowest BCUT2D eigenvalue weighted by molar-refractivity contribution is -0.144. The Labute approximate surface area is 325 Å². The number of carboxylic acid groups (broad SMARTS) is 1. The van der Waals surface area contributed by atoms with Gasteiger partial charge in [0.05, 0.1) is 23.3 Å². The first-order valence-electron chi connectivity index (χ1n) is 19.0. The van der Waals surface area contributed by atoms with Crippen LogP contribution in [-0.4, -0.2) is 105 Å². The summed E-state index contributed by atoms with van der Waals surface area (Å²) < 4.78 is 4.97. The molecule has 2 aliphatic heterocycles. The fourth-order valence-electron chi connectivity index (χ4n) is 7.07. The summed E-state index contributed by atoms with van der Waals surface area (Å²) in [5, 5.41) is 19.9. The van der Waals surface area contributed by atoms with Gasteiger partial charge in [0.2, 0.25) is 23.5 Å². The molecule has 1 aromatic rings. The van der Waals surface area contributed by atoms with Gasteiger partial charge >= 0.3 is 12.1 Å². The van der Waals surface area contributed by atoms with E-state index in [2.05, 4.69) is 21.3 Å². The number of amides is 5. The molecule has 0 aromatic heterocycles. The summed E-state index contributed by atoms with van der Waals surface area (Å²) in [5.74, 6) is -3.36. The number of thioether (sulfide) groups is 2. The van der Waals surface area contributed by atoms with Gasteiger partial charge in [0, 0.05) is 13.0 Å². The number of aliphatic carboxylic acids is 1. The molecule has 54 heavy (non-hydrogen) atoms. The predicted molar refractivity (Wildman–Crippen MR) is 207 cm³/mol. The summed E-state index contributed by atoms with van der Waals surface area (Å²) >= 11 is 3.43. The van der Waals surface area contributed by atoms with E-state index in [9.17, 15) is 38.7 Å². The highest BCUT2D eigenvalue weighted by atomic mass is 32.2. The molecule has 14 nitrogen and oxygen atoms in total. The molecule has 1 aromatic carbocycles. The fraction of sp³-hybridized carbons (Fsp3) is 0.658. The molecule has 0 bridgehead atoms. The van der Waals surface area contributed by atoms with Crippen LogP contribution in [0.3, 0.4) is 0 Å². The summed E-state index contributed by atoms with van der Waals surface area (Å²) in [6.07, 6.45) is 6.40. The Morgan fingerprint density at radius 1 is 0.944 bits per heavy atom. The quantitative estimate of drug-likeness (QED) is 0.144. The number of nitrogens with one attached hydrogen (secondary N) is 4. The largest absolute Gasteiger partial charge is 0.479 e. The average Bonchev–Trinajstić information content (AvgIpc) is 3.54. The number of carbonyl (C=O) groups is 7. The molecule has 2 unspecified atom stereocenters. The van der Waals surface area contributed by atoms with Crippen LogP contribution in [0.2, 0.25) is 0 Å². The SMILES string of the molecule is CCCCC(NC(=O)[C@@H]1CC2(CN1C(=O)[C@@H](NC(=O)OCC(C)C)C1CCCCC1)SCCCS2)C(=O)C(=O)NCC(=O)NC(C(=O)O)c1ccccc1. The molecular formula is C38H55N5O9S2. The zero-order chi connectivity index (χ0) is 39.3. The Hall–Kier alpha value is -3.79. The van der Waals surface area contributed by atoms with Crippen molar-refractivity contribution in [3.63, 3.8) is 0 Å². The number of alkyl carbamates (subject to hydrolysis) is 1. The number of likely N-dealkylation sites (tertiary alicyclic amines) is 1. The third kappa shape index (κ3) is 12.1. The van der Waals surface area contributed by atoms with Crippen LogP contribution in [0.4, 0.5) is 4.79 Å².